The van der Waals surface area contributed by atoms with E-state index in [4.69, 9.17) is 9.47 Å². The molecule has 246 valence electrons. The lowest BCUT2D eigenvalue weighted by molar-refractivity contribution is -0.239. The maximum absolute atomic E-state index is 15.2. The van der Waals surface area contributed by atoms with Crippen molar-refractivity contribution in [3.8, 4) is 11.5 Å². The number of aldehydes is 1. The number of hydrogen-bond donors (Lipinski definition) is 1. The van der Waals surface area contributed by atoms with Crippen LogP contribution in [0.25, 0.3) is 0 Å². The van der Waals surface area contributed by atoms with E-state index in [1.807, 2.05) is 32.8 Å². The van der Waals surface area contributed by atoms with Crippen molar-refractivity contribution >= 4 is 6.29 Å². The Labute approximate surface area is 255 Å². The van der Waals surface area contributed by atoms with Gasteiger partial charge in [-0.05, 0) is 68.8 Å². The first-order chi connectivity index (χ1) is 20.4. The molecular formula is C32H43F5N2O5. The molecule has 0 heterocycles. The Balaban J connectivity index is 2.33. The van der Waals surface area contributed by atoms with E-state index in [2.05, 4.69) is 5.18 Å². The number of nitrogens with zero attached hydrogens (tertiary/aromatic N) is 2. The number of carbonyl (C=O) groups excluding carboxylic acids is 1. The fraction of sp³-hybridized carbons (Fsp3) is 0.594. The number of rotatable bonds is 18. The lowest BCUT2D eigenvalue weighted by atomic mass is 9.69. The van der Waals surface area contributed by atoms with Crippen molar-refractivity contribution in [2.24, 2.45) is 17.0 Å². The van der Waals surface area contributed by atoms with Gasteiger partial charge in [0.15, 0.2) is 5.41 Å². The van der Waals surface area contributed by atoms with Crippen molar-refractivity contribution in [1.29, 1.82) is 0 Å². The molecule has 0 bridgehead atoms. The molecule has 0 aliphatic rings. The average molecular weight is 631 g/mol. The molecule has 0 saturated heterocycles. The van der Waals surface area contributed by atoms with E-state index in [1.54, 1.807) is 6.92 Å². The van der Waals surface area contributed by atoms with Crippen LogP contribution in [0.15, 0.2) is 53.7 Å². The molecular weight excluding hydrogens is 587 g/mol. The summed E-state index contributed by atoms with van der Waals surface area (Å²) in [7, 11) is 3.65. The third-order valence-electron chi connectivity index (χ3n) is 7.38. The molecule has 44 heavy (non-hydrogen) atoms. The minimum atomic E-state index is -5.41. The third-order valence-corrected chi connectivity index (χ3v) is 7.38. The maximum atomic E-state index is 15.2. The largest absolute Gasteiger partial charge is 0.493 e. The van der Waals surface area contributed by atoms with E-state index >= 15 is 8.78 Å². The van der Waals surface area contributed by atoms with Crippen molar-refractivity contribution in [3.05, 3.63) is 64.6 Å². The van der Waals surface area contributed by atoms with Gasteiger partial charge in [-0.2, -0.15) is 18.1 Å². The number of alkyl halides is 5. The van der Waals surface area contributed by atoms with E-state index in [0.717, 1.165) is 42.7 Å². The third kappa shape index (κ3) is 9.44. The zero-order valence-electron chi connectivity index (χ0n) is 26.0. The summed E-state index contributed by atoms with van der Waals surface area (Å²) in [4.78, 5) is 24.2. The molecule has 7 nitrogen and oxygen atoms in total. The second-order valence-electron chi connectivity index (χ2n) is 12.4. The first-order valence-electron chi connectivity index (χ1n) is 14.4. The van der Waals surface area contributed by atoms with Gasteiger partial charge in [0.05, 0.1) is 12.7 Å². The van der Waals surface area contributed by atoms with Gasteiger partial charge >= 0.3 is 6.18 Å². The van der Waals surface area contributed by atoms with Gasteiger partial charge in [0, 0.05) is 32.2 Å². The minimum absolute atomic E-state index is 0.0130. The van der Waals surface area contributed by atoms with E-state index in [0.29, 0.717) is 13.0 Å². The van der Waals surface area contributed by atoms with Crippen molar-refractivity contribution < 1.29 is 41.3 Å². The van der Waals surface area contributed by atoms with Crippen LogP contribution in [0.3, 0.4) is 0 Å². The van der Waals surface area contributed by atoms with Crippen LogP contribution >= 0.6 is 0 Å². The molecule has 0 aromatic heterocycles. The molecule has 0 fully saturated rings. The van der Waals surface area contributed by atoms with Gasteiger partial charge in [0.25, 0.3) is 5.92 Å². The summed E-state index contributed by atoms with van der Waals surface area (Å²) in [6.45, 7) is 6.05. The maximum Gasteiger partial charge on any atom is 0.408 e. The first-order valence-corrected chi connectivity index (χ1v) is 14.4. The van der Waals surface area contributed by atoms with Crippen LogP contribution in [0.1, 0.15) is 58.1 Å². The fourth-order valence-electron chi connectivity index (χ4n) is 5.71. The highest BCUT2D eigenvalue weighted by molar-refractivity contribution is 5.50. The normalized spacial score (nSPS) is 16.6. The smallest absolute Gasteiger partial charge is 0.408 e. The Hall–Kier alpha value is -3.12. The number of hydrogen-bond acceptors (Lipinski definition) is 7. The molecule has 2 aromatic carbocycles. The summed E-state index contributed by atoms with van der Waals surface area (Å²) >= 11 is 0. The van der Waals surface area contributed by atoms with E-state index < -0.39 is 40.3 Å². The fourth-order valence-corrected chi connectivity index (χ4v) is 5.71. The number of carbonyl (C=O) groups is 1. The molecule has 4 atom stereocenters. The second kappa shape index (κ2) is 15.2. The van der Waals surface area contributed by atoms with Gasteiger partial charge in [0.1, 0.15) is 29.9 Å². The van der Waals surface area contributed by atoms with E-state index in [1.165, 1.54) is 12.1 Å². The number of ether oxygens (including phenoxy) is 2. The Bertz CT molecular complexity index is 1170. The van der Waals surface area contributed by atoms with Crippen molar-refractivity contribution in [1.82, 2.24) is 4.90 Å². The molecule has 0 aliphatic carbocycles. The molecule has 2 aromatic rings. The highest BCUT2D eigenvalue weighted by Crippen LogP contribution is 2.55. The van der Waals surface area contributed by atoms with Gasteiger partial charge < -0.3 is 24.3 Å². The van der Waals surface area contributed by atoms with Crippen molar-refractivity contribution in [3.63, 3.8) is 0 Å². The summed E-state index contributed by atoms with van der Waals surface area (Å²) < 4.78 is 86.0. The summed E-state index contributed by atoms with van der Waals surface area (Å²) in [5.74, 6) is -4.06. The van der Waals surface area contributed by atoms with Crippen LogP contribution in [-0.2, 0) is 10.2 Å². The molecule has 12 heteroatoms. The summed E-state index contributed by atoms with van der Waals surface area (Å²) in [6, 6.07) is 8.47. The van der Waals surface area contributed by atoms with Crippen LogP contribution in [-0.4, -0.2) is 73.9 Å². The van der Waals surface area contributed by atoms with E-state index in [9.17, 15) is 28.0 Å². The van der Waals surface area contributed by atoms with Crippen LogP contribution in [0.4, 0.5) is 22.0 Å². The average Bonchev–Trinajstić information content (AvgIpc) is 2.90. The number of aliphatic hydroxyl groups is 1. The zero-order chi connectivity index (χ0) is 33.3. The SMILES string of the molecule is CC(C)CC(C)(CC(O)COc1ccc(C(c2ccc(OCC(CC=O)CN(C)C)cc2)(C(C)(F)F)C(F)(F)F)cc1)N=O. The van der Waals surface area contributed by atoms with Gasteiger partial charge in [-0.1, -0.05) is 43.3 Å². The second-order valence-corrected chi connectivity index (χ2v) is 12.4. The topological polar surface area (TPSA) is 88.4 Å². The monoisotopic (exact) mass is 630 g/mol. The highest BCUT2D eigenvalue weighted by Gasteiger charge is 2.69. The molecule has 0 spiro atoms. The van der Waals surface area contributed by atoms with Crippen molar-refractivity contribution in [2.45, 2.75) is 76.1 Å². The number of halogens is 5. The standard InChI is InChI=1S/C32H43F5N2O5/c1-22(2)17-29(3,38-42)18-26(41)21-44-28-13-9-25(10-14-28)31(30(4,33)34,32(35,36)37)24-7-11-27(12-8-24)43-20-23(15-16-40)19-39(5)6/h7-14,16,22-23,26,41H,15,17-21H2,1-6H3. The number of benzene rings is 2. The van der Waals surface area contributed by atoms with Gasteiger partial charge in [-0.3, -0.25) is 0 Å². The molecule has 1 N–H and O–H groups in total. The molecule has 0 amide bonds. The van der Waals surface area contributed by atoms with Crippen LogP contribution in [0, 0.1) is 16.7 Å². The Morgan fingerprint density at radius 1 is 0.864 bits per heavy atom. The molecule has 0 saturated carbocycles. The quantitative estimate of drug-likeness (QED) is 0.108. The van der Waals surface area contributed by atoms with Gasteiger partial charge in [-0.15, -0.1) is 0 Å². The first kappa shape index (κ1) is 37.1. The molecule has 0 radical (unpaired) electrons. The summed E-state index contributed by atoms with van der Waals surface area (Å²) in [5, 5.41) is 13.5. The van der Waals surface area contributed by atoms with E-state index in [-0.39, 0.29) is 56.3 Å². The number of aliphatic hydroxyl groups excluding tert-OH is 1. The highest BCUT2D eigenvalue weighted by atomic mass is 19.4. The zero-order valence-corrected chi connectivity index (χ0v) is 26.0. The van der Waals surface area contributed by atoms with Crippen LogP contribution in [0.5, 0.6) is 11.5 Å². The summed E-state index contributed by atoms with van der Waals surface area (Å²) in [6.07, 6.45) is -5.06. The Morgan fingerprint density at radius 3 is 1.70 bits per heavy atom. The van der Waals surface area contributed by atoms with Gasteiger partial charge in [0.2, 0.25) is 0 Å². The predicted molar refractivity (Wildman–Crippen MR) is 158 cm³/mol. The van der Waals surface area contributed by atoms with Crippen LogP contribution in [0.2, 0.25) is 0 Å². The van der Waals surface area contributed by atoms with Gasteiger partial charge in [-0.25, -0.2) is 8.78 Å². The van der Waals surface area contributed by atoms with Crippen molar-refractivity contribution in [2.75, 3.05) is 33.9 Å². The minimum Gasteiger partial charge on any atom is -0.493 e. The number of nitroso groups, excluding NO2 is 1. The Kier molecular flexibility index (Phi) is 12.8. The Morgan fingerprint density at radius 2 is 1.34 bits per heavy atom. The lowest BCUT2D eigenvalue weighted by Gasteiger charge is -2.41. The summed E-state index contributed by atoms with van der Waals surface area (Å²) in [5.41, 5.74) is -6.11. The predicted octanol–water partition coefficient (Wildman–Crippen LogP) is 7.04. The molecule has 2 rings (SSSR count). The van der Waals surface area contributed by atoms with Crippen LogP contribution < -0.4 is 9.47 Å². The molecule has 4 unspecified atom stereocenters. The molecule has 0 aliphatic heterocycles. The lowest BCUT2D eigenvalue weighted by Crippen LogP contribution is -2.55.